The average Bonchev–Trinajstić information content (AvgIpc) is 2.75. The van der Waals surface area contributed by atoms with Gasteiger partial charge in [0.2, 0.25) is 0 Å². The summed E-state index contributed by atoms with van der Waals surface area (Å²) in [5, 5.41) is 6.39. The molecule has 0 saturated heterocycles. The van der Waals surface area contributed by atoms with Gasteiger partial charge in [-0.1, -0.05) is 42.5 Å². The van der Waals surface area contributed by atoms with E-state index in [0.717, 1.165) is 15.5 Å². The summed E-state index contributed by atoms with van der Waals surface area (Å²) in [5.41, 5.74) is -0.224. The molecule has 0 aliphatic carbocycles. The molecule has 0 bridgehead atoms. The van der Waals surface area contributed by atoms with Gasteiger partial charge in [-0.25, -0.2) is 14.3 Å². The first-order chi connectivity index (χ1) is 14.0. The first-order valence-electron chi connectivity index (χ1n) is 8.79. The summed E-state index contributed by atoms with van der Waals surface area (Å²) in [6, 6.07) is 17.2. The number of hydrogen-bond acceptors (Lipinski definition) is 6. The highest BCUT2D eigenvalue weighted by Gasteiger charge is 2.22. The zero-order valence-corrected chi connectivity index (χ0v) is 15.7. The molecule has 0 fully saturated rings. The van der Waals surface area contributed by atoms with Gasteiger partial charge in [-0.3, -0.25) is 4.79 Å². The molecule has 0 spiro atoms. The summed E-state index contributed by atoms with van der Waals surface area (Å²) in [7, 11) is 2.71. The van der Waals surface area contributed by atoms with E-state index in [1.807, 2.05) is 24.3 Å². The number of rotatable bonds is 3. The Morgan fingerprint density at radius 1 is 0.897 bits per heavy atom. The monoisotopic (exact) mass is 388 g/mol. The second-order valence-corrected chi connectivity index (χ2v) is 6.40. The molecule has 3 aromatic carbocycles. The summed E-state index contributed by atoms with van der Waals surface area (Å²) in [6.07, 6.45) is 0. The maximum atomic E-state index is 12.9. The average molecular weight is 388 g/mol. The van der Waals surface area contributed by atoms with Crippen molar-refractivity contribution in [1.29, 1.82) is 0 Å². The number of ether oxygens (including phenoxy) is 2. The van der Waals surface area contributed by atoms with E-state index in [1.54, 1.807) is 36.4 Å². The third kappa shape index (κ3) is 3.23. The van der Waals surface area contributed by atoms with E-state index in [4.69, 9.17) is 9.47 Å². The molecule has 0 unspecified atom stereocenters. The van der Waals surface area contributed by atoms with Crippen LogP contribution in [-0.4, -0.2) is 28.8 Å². The van der Waals surface area contributed by atoms with Crippen LogP contribution in [0.4, 0.5) is 0 Å². The number of benzene rings is 3. The number of esters is 2. The maximum Gasteiger partial charge on any atom is 0.364 e. The van der Waals surface area contributed by atoms with Crippen LogP contribution in [0.25, 0.3) is 21.5 Å². The lowest BCUT2D eigenvalue weighted by Gasteiger charge is -2.12. The Morgan fingerprint density at radius 2 is 1.52 bits per heavy atom. The first kappa shape index (κ1) is 18.4. The van der Waals surface area contributed by atoms with Gasteiger partial charge in [-0.2, -0.15) is 5.10 Å². The summed E-state index contributed by atoms with van der Waals surface area (Å²) < 4.78 is 11.5. The Kier molecular flexibility index (Phi) is 4.56. The van der Waals surface area contributed by atoms with Crippen molar-refractivity contribution in [2.75, 3.05) is 7.11 Å². The van der Waals surface area contributed by atoms with Gasteiger partial charge in [-0.15, -0.1) is 0 Å². The van der Waals surface area contributed by atoms with Crippen molar-refractivity contribution in [3.63, 3.8) is 0 Å². The number of aryl methyl sites for hydroxylation is 1. The fraction of sp³-hybridized carbons (Fsp3) is 0.0909. The zero-order valence-electron chi connectivity index (χ0n) is 15.7. The third-order valence-corrected chi connectivity index (χ3v) is 4.61. The minimum absolute atomic E-state index is 0.0216. The van der Waals surface area contributed by atoms with Gasteiger partial charge in [0.05, 0.1) is 12.5 Å². The molecule has 1 aromatic heterocycles. The molecule has 7 heteroatoms. The molecular formula is C22H16N2O5. The predicted molar refractivity (Wildman–Crippen MR) is 107 cm³/mol. The Labute approximate surface area is 165 Å². The Morgan fingerprint density at radius 3 is 2.21 bits per heavy atom. The van der Waals surface area contributed by atoms with Crippen LogP contribution in [-0.2, 0) is 11.8 Å². The Bertz CT molecular complexity index is 1340. The van der Waals surface area contributed by atoms with Crippen LogP contribution in [0.1, 0.15) is 20.8 Å². The largest absolute Gasteiger partial charge is 0.465 e. The van der Waals surface area contributed by atoms with Gasteiger partial charge in [0.15, 0.2) is 5.69 Å². The standard InChI is InChI=1S/C22H16N2O5/c1-24-20(25)16-10-6-5-9-15(16)19(23-24)22(27)29-18-12-14-8-4-3-7-13(14)11-17(18)21(26)28-2/h3-12H,1-2H3. The van der Waals surface area contributed by atoms with Crippen LogP contribution in [0.2, 0.25) is 0 Å². The molecule has 4 rings (SSSR count). The minimum atomic E-state index is -0.780. The molecule has 0 saturated carbocycles. The first-order valence-corrected chi connectivity index (χ1v) is 8.79. The van der Waals surface area contributed by atoms with E-state index < -0.39 is 11.9 Å². The second-order valence-electron chi connectivity index (χ2n) is 6.40. The number of fused-ring (bicyclic) bond motifs is 2. The van der Waals surface area contributed by atoms with Crippen molar-refractivity contribution < 1.29 is 19.1 Å². The van der Waals surface area contributed by atoms with Gasteiger partial charge in [-0.05, 0) is 29.0 Å². The normalized spacial score (nSPS) is 10.8. The maximum absolute atomic E-state index is 12.9. The number of carbonyl (C=O) groups excluding carboxylic acids is 2. The van der Waals surface area contributed by atoms with E-state index in [9.17, 15) is 14.4 Å². The van der Waals surface area contributed by atoms with Gasteiger partial charge in [0, 0.05) is 12.4 Å². The number of hydrogen-bond donors (Lipinski definition) is 0. The molecule has 7 nitrogen and oxygen atoms in total. The molecule has 144 valence electrons. The van der Waals surface area contributed by atoms with Crippen LogP contribution in [0.3, 0.4) is 0 Å². The quantitative estimate of drug-likeness (QED) is 0.396. The van der Waals surface area contributed by atoms with E-state index in [-0.39, 0.29) is 22.6 Å². The predicted octanol–water partition coefficient (Wildman–Crippen LogP) is 3.09. The second kappa shape index (κ2) is 7.20. The molecule has 0 aliphatic rings. The smallest absolute Gasteiger partial charge is 0.364 e. The van der Waals surface area contributed by atoms with E-state index in [1.165, 1.54) is 14.2 Å². The number of methoxy groups -OCH3 is 1. The Balaban J connectivity index is 1.84. The molecule has 0 amide bonds. The molecular weight excluding hydrogens is 372 g/mol. The van der Waals surface area contributed by atoms with Gasteiger partial charge in [0.1, 0.15) is 11.3 Å². The Hall–Kier alpha value is -4.00. The van der Waals surface area contributed by atoms with Gasteiger partial charge in [0.25, 0.3) is 5.56 Å². The minimum Gasteiger partial charge on any atom is -0.465 e. The van der Waals surface area contributed by atoms with E-state index in [2.05, 4.69) is 5.10 Å². The van der Waals surface area contributed by atoms with Crippen molar-refractivity contribution >= 4 is 33.5 Å². The summed E-state index contributed by atoms with van der Waals surface area (Å²) in [5.74, 6) is -1.35. The highest BCUT2D eigenvalue weighted by atomic mass is 16.5. The molecule has 4 aromatic rings. The number of aromatic nitrogens is 2. The molecule has 1 heterocycles. The lowest BCUT2D eigenvalue weighted by atomic mass is 10.1. The fourth-order valence-electron chi connectivity index (χ4n) is 3.17. The summed E-state index contributed by atoms with van der Waals surface area (Å²) >= 11 is 0. The van der Waals surface area contributed by atoms with Crippen LogP contribution in [0.5, 0.6) is 5.75 Å². The lowest BCUT2D eigenvalue weighted by Crippen LogP contribution is -2.25. The van der Waals surface area contributed by atoms with Gasteiger partial charge < -0.3 is 9.47 Å². The van der Waals surface area contributed by atoms with Crippen LogP contribution in [0, 0.1) is 0 Å². The van der Waals surface area contributed by atoms with Crippen LogP contribution in [0.15, 0.2) is 65.5 Å². The number of nitrogens with zero attached hydrogens (tertiary/aromatic N) is 2. The highest BCUT2D eigenvalue weighted by molar-refractivity contribution is 6.05. The summed E-state index contributed by atoms with van der Waals surface area (Å²) in [6.45, 7) is 0. The third-order valence-electron chi connectivity index (χ3n) is 4.61. The van der Waals surface area contributed by atoms with E-state index >= 15 is 0 Å². The molecule has 29 heavy (non-hydrogen) atoms. The molecule has 0 atom stereocenters. The van der Waals surface area contributed by atoms with Crippen molar-refractivity contribution in [3.05, 3.63) is 82.3 Å². The van der Waals surface area contributed by atoms with Crippen LogP contribution < -0.4 is 10.3 Å². The summed E-state index contributed by atoms with van der Waals surface area (Å²) in [4.78, 5) is 37.4. The highest BCUT2D eigenvalue weighted by Crippen LogP contribution is 2.28. The zero-order chi connectivity index (χ0) is 20.5. The number of carbonyl (C=O) groups is 2. The topological polar surface area (TPSA) is 87.5 Å². The lowest BCUT2D eigenvalue weighted by molar-refractivity contribution is 0.0593. The van der Waals surface area contributed by atoms with Crippen molar-refractivity contribution in [2.45, 2.75) is 0 Å². The molecule has 0 N–H and O–H groups in total. The van der Waals surface area contributed by atoms with Gasteiger partial charge >= 0.3 is 11.9 Å². The van der Waals surface area contributed by atoms with Crippen molar-refractivity contribution in [1.82, 2.24) is 9.78 Å². The van der Waals surface area contributed by atoms with E-state index in [0.29, 0.717) is 10.8 Å². The fourth-order valence-corrected chi connectivity index (χ4v) is 3.17. The SMILES string of the molecule is COC(=O)c1cc2ccccc2cc1OC(=O)c1nn(C)c(=O)c2ccccc12. The van der Waals surface area contributed by atoms with Crippen molar-refractivity contribution in [2.24, 2.45) is 7.05 Å². The van der Waals surface area contributed by atoms with Crippen molar-refractivity contribution in [3.8, 4) is 5.75 Å². The molecule has 0 radical (unpaired) electrons. The molecule has 0 aliphatic heterocycles. The van der Waals surface area contributed by atoms with Crippen LogP contribution >= 0.6 is 0 Å².